The van der Waals surface area contributed by atoms with E-state index in [1.54, 1.807) is 0 Å². The van der Waals surface area contributed by atoms with Crippen molar-refractivity contribution in [3.63, 3.8) is 0 Å². The highest BCUT2D eigenvalue weighted by molar-refractivity contribution is 8.08. The number of aliphatic hydroxyl groups excluding tert-OH is 2. The van der Waals surface area contributed by atoms with Crippen LogP contribution < -0.4 is 5.73 Å². The monoisotopic (exact) mass is 330 g/mol. The SMILES string of the molecule is CN.CN1C2CSC1CS2.OC1CSC(O)CS1. The summed E-state index contributed by atoms with van der Waals surface area (Å²) in [4.78, 5) is 2.48. The van der Waals surface area contributed by atoms with Gasteiger partial charge in [0.1, 0.15) is 10.9 Å². The van der Waals surface area contributed by atoms with Gasteiger partial charge >= 0.3 is 0 Å². The van der Waals surface area contributed by atoms with E-state index in [1.165, 1.54) is 42.1 Å². The van der Waals surface area contributed by atoms with E-state index < -0.39 is 0 Å². The van der Waals surface area contributed by atoms with Crippen LogP contribution in [0.2, 0.25) is 0 Å². The van der Waals surface area contributed by atoms with Gasteiger partial charge in [0, 0.05) is 23.0 Å². The van der Waals surface area contributed by atoms with Crippen LogP contribution in [0.5, 0.6) is 0 Å². The van der Waals surface area contributed by atoms with Crippen LogP contribution in [-0.4, -0.2) is 73.8 Å². The van der Waals surface area contributed by atoms with Crippen LogP contribution >= 0.6 is 47.0 Å². The zero-order valence-electron chi connectivity index (χ0n) is 10.7. The number of aliphatic hydroxyl groups is 2. The molecule has 18 heavy (non-hydrogen) atoms. The average Bonchev–Trinajstić information content (AvgIpc) is 2.94. The molecule has 3 rings (SSSR count). The Balaban J connectivity index is 0.000000159. The first kappa shape index (κ1) is 17.3. The van der Waals surface area contributed by atoms with Crippen LogP contribution in [0.1, 0.15) is 0 Å². The fraction of sp³-hybridized carbons (Fsp3) is 1.00. The number of fused-ring (bicyclic) bond motifs is 2. The van der Waals surface area contributed by atoms with Crippen molar-refractivity contribution in [1.29, 1.82) is 0 Å². The summed E-state index contributed by atoms with van der Waals surface area (Å²) in [7, 11) is 3.73. The molecule has 0 saturated carbocycles. The normalized spacial score (nSPS) is 38.5. The molecule has 3 aliphatic heterocycles. The predicted octanol–water partition coefficient (Wildman–Crippen LogP) is 0.742. The minimum Gasteiger partial charge on any atom is -0.382 e. The second-order valence-electron chi connectivity index (χ2n) is 3.82. The number of rotatable bonds is 0. The summed E-state index contributed by atoms with van der Waals surface area (Å²) in [5.41, 5.74) is 3.98. The van der Waals surface area contributed by atoms with Gasteiger partial charge in [-0.25, -0.2) is 0 Å². The summed E-state index contributed by atoms with van der Waals surface area (Å²) in [5, 5.41) is 19.4. The minimum atomic E-state index is -0.261. The van der Waals surface area contributed by atoms with Crippen LogP contribution in [0.3, 0.4) is 0 Å². The third-order valence-corrected chi connectivity index (χ3v) is 8.38. The highest BCUT2D eigenvalue weighted by atomic mass is 32.2. The summed E-state index contributed by atoms with van der Waals surface area (Å²) in [5.74, 6) is 4.02. The van der Waals surface area contributed by atoms with Crippen molar-refractivity contribution >= 4 is 47.0 Å². The number of hydrogen-bond donors (Lipinski definition) is 3. The van der Waals surface area contributed by atoms with Crippen molar-refractivity contribution in [2.75, 3.05) is 37.1 Å². The van der Waals surface area contributed by atoms with E-state index in [0.717, 1.165) is 10.7 Å². The molecule has 8 heteroatoms. The van der Waals surface area contributed by atoms with Crippen molar-refractivity contribution in [2.24, 2.45) is 5.73 Å². The highest BCUT2D eigenvalue weighted by Crippen LogP contribution is 2.42. The predicted molar refractivity (Wildman–Crippen MR) is 87.3 cm³/mol. The third-order valence-electron chi connectivity index (χ3n) is 2.63. The molecule has 2 bridgehead atoms. The summed E-state index contributed by atoms with van der Waals surface area (Å²) >= 11 is 7.03. The third kappa shape index (κ3) is 5.32. The van der Waals surface area contributed by atoms with Gasteiger partial charge in [-0.3, -0.25) is 4.90 Å². The quantitative estimate of drug-likeness (QED) is 0.601. The molecule has 0 aromatic heterocycles. The molecule has 0 spiro atoms. The van der Waals surface area contributed by atoms with Crippen molar-refractivity contribution < 1.29 is 10.2 Å². The fourth-order valence-corrected chi connectivity index (χ4v) is 6.96. The molecule has 3 fully saturated rings. The Kier molecular flexibility index (Phi) is 8.86. The molecule has 4 nitrogen and oxygen atoms in total. The maximum Gasteiger partial charge on any atom is 0.108 e. The molecule has 3 saturated heterocycles. The topological polar surface area (TPSA) is 69.7 Å². The summed E-state index contributed by atoms with van der Waals surface area (Å²) in [6.45, 7) is 0. The first-order valence-electron chi connectivity index (χ1n) is 5.79. The molecule has 0 aromatic rings. The van der Waals surface area contributed by atoms with E-state index in [4.69, 9.17) is 10.2 Å². The Morgan fingerprint density at radius 1 is 0.833 bits per heavy atom. The van der Waals surface area contributed by atoms with Crippen molar-refractivity contribution in [3.8, 4) is 0 Å². The molecule has 108 valence electrons. The lowest BCUT2D eigenvalue weighted by molar-refractivity contribution is 0.263. The van der Waals surface area contributed by atoms with Gasteiger partial charge < -0.3 is 15.9 Å². The largest absolute Gasteiger partial charge is 0.382 e. The molecule has 4 N–H and O–H groups in total. The Morgan fingerprint density at radius 3 is 1.39 bits per heavy atom. The Labute approximate surface area is 126 Å². The van der Waals surface area contributed by atoms with Gasteiger partial charge in [-0.05, 0) is 14.1 Å². The van der Waals surface area contributed by atoms with Gasteiger partial charge in [0.2, 0.25) is 0 Å². The Morgan fingerprint density at radius 2 is 1.22 bits per heavy atom. The van der Waals surface area contributed by atoms with Crippen LogP contribution in [0.25, 0.3) is 0 Å². The number of thioether (sulfide) groups is 4. The zero-order valence-corrected chi connectivity index (χ0v) is 14.0. The molecule has 3 heterocycles. The lowest BCUT2D eigenvalue weighted by atomic mass is 10.6. The van der Waals surface area contributed by atoms with Crippen LogP contribution in [0.4, 0.5) is 0 Å². The first-order chi connectivity index (χ1) is 8.66. The van der Waals surface area contributed by atoms with E-state index >= 15 is 0 Å². The molecule has 4 unspecified atom stereocenters. The van der Waals surface area contributed by atoms with Crippen LogP contribution in [0.15, 0.2) is 0 Å². The van der Waals surface area contributed by atoms with Crippen molar-refractivity contribution in [1.82, 2.24) is 4.90 Å². The molecule has 0 aliphatic carbocycles. The van der Waals surface area contributed by atoms with Crippen LogP contribution in [-0.2, 0) is 0 Å². The van der Waals surface area contributed by atoms with Gasteiger partial charge in [0.15, 0.2) is 0 Å². The van der Waals surface area contributed by atoms with Gasteiger partial charge in [-0.15, -0.1) is 47.0 Å². The smallest absolute Gasteiger partial charge is 0.108 e. The zero-order chi connectivity index (χ0) is 13.5. The summed E-state index contributed by atoms with van der Waals surface area (Å²) < 4.78 is 0. The number of hydrogen-bond acceptors (Lipinski definition) is 8. The lowest BCUT2D eigenvalue weighted by Gasteiger charge is -2.19. The Bertz CT molecular complexity index is 200. The van der Waals surface area contributed by atoms with Crippen LogP contribution in [0, 0.1) is 0 Å². The molecule has 0 aromatic carbocycles. The lowest BCUT2D eigenvalue weighted by Crippen LogP contribution is -2.22. The highest BCUT2D eigenvalue weighted by Gasteiger charge is 2.37. The molecule has 0 radical (unpaired) electrons. The average molecular weight is 331 g/mol. The van der Waals surface area contributed by atoms with E-state index in [9.17, 15) is 0 Å². The molecule has 0 amide bonds. The number of nitrogens with two attached hydrogens (primary N) is 1. The maximum atomic E-state index is 8.86. The standard InChI is InChI=1S/C5H9NS2.C4H8O2S2.CH5N/c1-6-4-2-7-5(6)3-8-4;5-3-1-7-4(6)2-8-3;1-2/h4-5H,2-3H2,1H3;3-6H,1-2H2;2H2,1H3. The molecule has 4 atom stereocenters. The fourth-order valence-electron chi connectivity index (χ4n) is 1.62. The van der Waals surface area contributed by atoms with Gasteiger partial charge in [-0.2, -0.15) is 0 Å². The minimum absolute atomic E-state index is 0.261. The Hall–Kier alpha value is 1.24. The van der Waals surface area contributed by atoms with Gasteiger partial charge in [-0.1, -0.05) is 0 Å². The molecular formula is C10H22N2O2S4. The second-order valence-corrected chi connectivity index (χ2v) is 8.66. The van der Waals surface area contributed by atoms with Gasteiger partial charge in [0.05, 0.1) is 10.7 Å². The number of nitrogens with zero attached hydrogens (tertiary/aromatic N) is 1. The van der Waals surface area contributed by atoms with E-state index in [-0.39, 0.29) is 10.9 Å². The summed E-state index contributed by atoms with van der Waals surface area (Å²) in [6.07, 6.45) is 0. The summed E-state index contributed by atoms with van der Waals surface area (Å²) in [6, 6.07) is 0. The van der Waals surface area contributed by atoms with E-state index in [0.29, 0.717) is 11.5 Å². The molecule has 3 aliphatic rings. The van der Waals surface area contributed by atoms with Crippen molar-refractivity contribution in [2.45, 2.75) is 21.6 Å². The van der Waals surface area contributed by atoms with E-state index in [2.05, 4.69) is 41.2 Å². The first-order valence-corrected chi connectivity index (χ1v) is 9.98. The van der Waals surface area contributed by atoms with E-state index in [1.807, 2.05) is 0 Å². The van der Waals surface area contributed by atoms with Crippen molar-refractivity contribution in [3.05, 3.63) is 0 Å². The van der Waals surface area contributed by atoms with Gasteiger partial charge in [0.25, 0.3) is 0 Å². The second kappa shape index (κ2) is 9.23. The molecular weight excluding hydrogens is 308 g/mol. The maximum absolute atomic E-state index is 8.86.